The molecule has 0 radical (unpaired) electrons. The van der Waals surface area contributed by atoms with Gasteiger partial charge in [-0.25, -0.2) is 9.78 Å². The van der Waals surface area contributed by atoms with Gasteiger partial charge in [-0.05, 0) is 38.1 Å². The summed E-state index contributed by atoms with van der Waals surface area (Å²) in [4.78, 5) is 29.3. The SMILES string of the molecule is Cc1ccc(C)n1-c1cccc(-c2ncc(C(=O)O)c(=O)[nH]2)c1. The van der Waals surface area contributed by atoms with E-state index in [2.05, 4.69) is 14.5 Å². The van der Waals surface area contributed by atoms with Gasteiger partial charge in [0.15, 0.2) is 0 Å². The predicted molar refractivity (Wildman–Crippen MR) is 86.1 cm³/mol. The van der Waals surface area contributed by atoms with Gasteiger partial charge in [0.2, 0.25) is 0 Å². The molecule has 0 aliphatic heterocycles. The van der Waals surface area contributed by atoms with Crippen molar-refractivity contribution in [1.82, 2.24) is 14.5 Å². The number of hydrogen-bond acceptors (Lipinski definition) is 3. The zero-order chi connectivity index (χ0) is 16.6. The lowest BCUT2D eigenvalue weighted by atomic mass is 10.1. The molecule has 116 valence electrons. The average molecular weight is 309 g/mol. The van der Waals surface area contributed by atoms with E-state index in [1.807, 2.05) is 50.2 Å². The van der Waals surface area contributed by atoms with Gasteiger partial charge < -0.3 is 14.7 Å². The third-order valence-corrected chi connectivity index (χ3v) is 3.68. The number of carboxylic acids is 1. The van der Waals surface area contributed by atoms with Crippen LogP contribution >= 0.6 is 0 Å². The summed E-state index contributed by atoms with van der Waals surface area (Å²) >= 11 is 0. The molecular weight excluding hydrogens is 294 g/mol. The van der Waals surface area contributed by atoms with Crippen molar-refractivity contribution in [3.05, 3.63) is 69.9 Å². The van der Waals surface area contributed by atoms with Gasteiger partial charge in [0.25, 0.3) is 5.56 Å². The van der Waals surface area contributed by atoms with Gasteiger partial charge in [0, 0.05) is 28.8 Å². The number of carboxylic acid groups (broad SMARTS) is 1. The van der Waals surface area contributed by atoms with Crippen LogP contribution < -0.4 is 5.56 Å². The average Bonchev–Trinajstić information content (AvgIpc) is 2.86. The number of H-pyrrole nitrogens is 1. The van der Waals surface area contributed by atoms with Crippen molar-refractivity contribution in [2.24, 2.45) is 0 Å². The number of carbonyl (C=O) groups is 1. The lowest BCUT2D eigenvalue weighted by Gasteiger charge is -2.11. The summed E-state index contributed by atoms with van der Waals surface area (Å²) in [5.41, 5.74) is 2.82. The molecule has 3 aromatic rings. The minimum atomic E-state index is -1.29. The molecule has 6 heteroatoms. The minimum Gasteiger partial charge on any atom is -0.477 e. The van der Waals surface area contributed by atoms with Crippen LogP contribution in [0.1, 0.15) is 21.7 Å². The molecule has 1 aromatic carbocycles. The van der Waals surface area contributed by atoms with Crippen LogP contribution in [0.25, 0.3) is 17.1 Å². The smallest absolute Gasteiger partial charge is 0.342 e. The number of nitrogens with zero attached hydrogens (tertiary/aromatic N) is 2. The fourth-order valence-corrected chi connectivity index (χ4v) is 2.56. The zero-order valence-electron chi connectivity index (χ0n) is 12.7. The minimum absolute atomic E-state index is 0.337. The Bertz CT molecular complexity index is 934. The lowest BCUT2D eigenvalue weighted by molar-refractivity contribution is 0.0694. The Morgan fingerprint density at radius 3 is 2.48 bits per heavy atom. The highest BCUT2D eigenvalue weighted by atomic mass is 16.4. The van der Waals surface area contributed by atoms with Crippen LogP contribution in [-0.2, 0) is 0 Å². The molecule has 0 bridgehead atoms. The molecule has 2 heterocycles. The first-order chi connectivity index (χ1) is 11.0. The Morgan fingerprint density at radius 1 is 1.17 bits per heavy atom. The van der Waals surface area contributed by atoms with E-state index >= 15 is 0 Å². The molecule has 0 amide bonds. The molecular formula is C17H15N3O3. The lowest BCUT2D eigenvalue weighted by Crippen LogP contribution is -2.18. The number of aromatic nitrogens is 3. The van der Waals surface area contributed by atoms with Crippen LogP contribution in [0.4, 0.5) is 0 Å². The predicted octanol–water partition coefficient (Wildman–Crippen LogP) is 2.54. The maximum atomic E-state index is 11.8. The Morgan fingerprint density at radius 2 is 1.87 bits per heavy atom. The van der Waals surface area contributed by atoms with E-state index in [-0.39, 0.29) is 5.56 Å². The van der Waals surface area contributed by atoms with Crippen LogP contribution in [0.5, 0.6) is 0 Å². The summed E-state index contributed by atoms with van der Waals surface area (Å²) in [6.45, 7) is 4.03. The maximum Gasteiger partial charge on any atom is 0.342 e. The zero-order valence-corrected chi connectivity index (χ0v) is 12.7. The maximum absolute atomic E-state index is 11.8. The van der Waals surface area contributed by atoms with Crippen LogP contribution in [0.2, 0.25) is 0 Å². The third-order valence-electron chi connectivity index (χ3n) is 3.68. The highest BCUT2D eigenvalue weighted by molar-refractivity contribution is 5.86. The van der Waals surface area contributed by atoms with Crippen molar-refractivity contribution in [3.8, 4) is 17.1 Å². The van der Waals surface area contributed by atoms with Gasteiger partial charge in [-0.3, -0.25) is 4.79 Å². The third kappa shape index (κ3) is 2.66. The molecule has 0 saturated carbocycles. The van der Waals surface area contributed by atoms with E-state index in [1.54, 1.807) is 0 Å². The van der Waals surface area contributed by atoms with Gasteiger partial charge in [0.05, 0.1) is 0 Å². The topological polar surface area (TPSA) is 88.0 Å². The number of aryl methyl sites for hydroxylation is 2. The van der Waals surface area contributed by atoms with E-state index in [4.69, 9.17) is 5.11 Å². The molecule has 0 atom stereocenters. The van der Waals surface area contributed by atoms with Crippen molar-refractivity contribution in [3.63, 3.8) is 0 Å². The second-order valence-electron chi connectivity index (χ2n) is 5.28. The van der Waals surface area contributed by atoms with Crippen molar-refractivity contribution in [1.29, 1.82) is 0 Å². The molecule has 23 heavy (non-hydrogen) atoms. The number of aromatic amines is 1. The first-order valence-electron chi connectivity index (χ1n) is 7.06. The summed E-state index contributed by atoms with van der Waals surface area (Å²) in [6, 6.07) is 11.6. The Hall–Kier alpha value is -3.15. The van der Waals surface area contributed by atoms with E-state index in [1.165, 1.54) is 0 Å². The standard InChI is InChI=1S/C17H15N3O3/c1-10-6-7-11(2)20(10)13-5-3-4-12(8-13)15-18-9-14(17(22)23)16(21)19-15/h3-9H,1-2H3,(H,22,23)(H,18,19,21). The molecule has 0 aliphatic rings. The molecule has 2 aromatic heterocycles. The first kappa shape index (κ1) is 14.8. The first-order valence-corrected chi connectivity index (χ1v) is 7.06. The van der Waals surface area contributed by atoms with Crippen molar-refractivity contribution in [2.75, 3.05) is 0 Å². The summed E-state index contributed by atoms with van der Waals surface area (Å²) < 4.78 is 2.09. The van der Waals surface area contributed by atoms with Crippen LogP contribution in [-0.4, -0.2) is 25.6 Å². The van der Waals surface area contributed by atoms with E-state index in [0.29, 0.717) is 11.4 Å². The van der Waals surface area contributed by atoms with Gasteiger partial charge in [-0.15, -0.1) is 0 Å². The number of hydrogen-bond donors (Lipinski definition) is 2. The van der Waals surface area contributed by atoms with Gasteiger partial charge >= 0.3 is 5.97 Å². The molecule has 0 unspecified atom stereocenters. The van der Waals surface area contributed by atoms with E-state index in [0.717, 1.165) is 23.3 Å². The van der Waals surface area contributed by atoms with E-state index < -0.39 is 11.5 Å². The van der Waals surface area contributed by atoms with Crippen LogP contribution in [0.15, 0.2) is 47.4 Å². The van der Waals surface area contributed by atoms with Gasteiger partial charge in [-0.1, -0.05) is 12.1 Å². The number of benzene rings is 1. The normalized spacial score (nSPS) is 10.7. The summed E-state index contributed by atoms with van der Waals surface area (Å²) in [6.07, 6.45) is 1.08. The van der Waals surface area contributed by atoms with Gasteiger partial charge in [0.1, 0.15) is 11.4 Å². The molecule has 0 aliphatic carbocycles. The summed E-state index contributed by atoms with van der Waals surface area (Å²) in [5.74, 6) is -0.957. The Kier molecular flexibility index (Phi) is 3.57. The molecule has 0 saturated heterocycles. The second kappa shape index (κ2) is 5.57. The number of nitrogens with one attached hydrogen (secondary N) is 1. The highest BCUT2D eigenvalue weighted by Crippen LogP contribution is 2.21. The molecule has 0 spiro atoms. The fraction of sp³-hybridized carbons (Fsp3) is 0.118. The quantitative estimate of drug-likeness (QED) is 0.778. The van der Waals surface area contributed by atoms with Crippen molar-refractivity contribution < 1.29 is 9.90 Å². The summed E-state index contributed by atoms with van der Waals surface area (Å²) in [5, 5.41) is 8.89. The second-order valence-corrected chi connectivity index (χ2v) is 5.28. The monoisotopic (exact) mass is 309 g/mol. The highest BCUT2D eigenvalue weighted by Gasteiger charge is 2.11. The van der Waals surface area contributed by atoms with Crippen molar-refractivity contribution >= 4 is 5.97 Å². The van der Waals surface area contributed by atoms with Crippen LogP contribution in [0, 0.1) is 13.8 Å². The van der Waals surface area contributed by atoms with E-state index in [9.17, 15) is 9.59 Å². The molecule has 2 N–H and O–H groups in total. The Balaban J connectivity index is 2.09. The number of rotatable bonds is 3. The molecule has 0 fully saturated rings. The Labute approximate surface area is 132 Å². The fourth-order valence-electron chi connectivity index (χ4n) is 2.56. The largest absolute Gasteiger partial charge is 0.477 e. The van der Waals surface area contributed by atoms with Gasteiger partial charge in [-0.2, -0.15) is 0 Å². The van der Waals surface area contributed by atoms with Crippen LogP contribution in [0.3, 0.4) is 0 Å². The number of aromatic carboxylic acids is 1. The molecule has 6 nitrogen and oxygen atoms in total. The molecule has 3 rings (SSSR count). The van der Waals surface area contributed by atoms with Crippen molar-refractivity contribution in [2.45, 2.75) is 13.8 Å². The summed E-state index contributed by atoms with van der Waals surface area (Å²) in [7, 11) is 0.